The maximum atomic E-state index is 13.5. The number of hydrogen-bond donors (Lipinski definition) is 1. The molecule has 2 fully saturated rings. The van der Waals surface area contributed by atoms with E-state index in [4.69, 9.17) is 0 Å². The summed E-state index contributed by atoms with van der Waals surface area (Å²) in [5, 5.41) is 10.4. The molecule has 17 heavy (non-hydrogen) atoms. The summed E-state index contributed by atoms with van der Waals surface area (Å²) in [5.74, 6) is 1.76. The van der Waals surface area contributed by atoms with E-state index in [0.717, 1.165) is 17.4 Å². The number of hydrogen-bond acceptors (Lipinski definition) is 1. The highest BCUT2D eigenvalue weighted by molar-refractivity contribution is 5.33. The Bertz CT molecular complexity index is 421. The number of benzene rings is 1. The lowest BCUT2D eigenvalue weighted by atomic mass is 9.96. The summed E-state index contributed by atoms with van der Waals surface area (Å²) >= 11 is 0. The van der Waals surface area contributed by atoms with E-state index >= 15 is 0 Å². The Morgan fingerprint density at radius 3 is 2.24 bits per heavy atom. The molecule has 1 nitrogen and oxygen atoms in total. The van der Waals surface area contributed by atoms with Crippen molar-refractivity contribution < 1.29 is 9.50 Å². The number of aliphatic hydroxyl groups excluding tert-OH is 1. The number of fused-ring (bicyclic) bond motifs is 1. The van der Waals surface area contributed by atoms with Gasteiger partial charge < -0.3 is 5.11 Å². The molecule has 3 unspecified atom stereocenters. The van der Waals surface area contributed by atoms with Gasteiger partial charge in [-0.15, -0.1) is 0 Å². The molecule has 2 aliphatic carbocycles. The number of halogens is 1. The molecule has 2 saturated carbocycles. The Labute approximate surface area is 102 Å². The van der Waals surface area contributed by atoms with Gasteiger partial charge in [-0.2, -0.15) is 0 Å². The molecular formula is C15H19FO. The van der Waals surface area contributed by atoms with Gasteiger partial charge in [0.15, 0.2) is 0 Å². The largest absolute Gasteiger partial charge is 0.388 e. The van der Waals surface area contributed by atoms with Crippen molar-refractivity contribution in [3.8, 4) is 0 Å². The molecule has 92 valence electrons. The van der Waals surface area contributed by atoms with Crippen molar-refractivity contribution in [1.29, 1.82) is 0 Å². The maximum Gasteiger partial charge on any atom is 0.129 e. The molecular weight excluding hydrogens is 215 g/mol. The first-order valence-corrected chi connectivity index (χ1v) is 6.54. The zero-order chi connectivity index (χ0) is 12.2. The first kappa shape index (κ1) is 11.2. The normalized spacial score (nSPS) is 32.4. The van der Waals surface area contributed by atoms with E-state index in [0.29, 0.717) is 17.0 Å². The van der Waals surface area contributed by atoms with E-state index in [-0.39, 0.29) is 11.9 Å². The average Bonchev–Trinajstić information content (AvgIpc) is 2.77. The lowest BCUT2D eigenvalue weighted by molar-refractivity contribution is 0.137. The minimum absolute atomic E-state index is 0.142. The van der Waals surface area contributed by atoms with E-state index in [1.165, 1.54) is 19.3 Å². The summed E-state index contributed by atoms with van der Waals surface area (Å²) in [6.07, 6.45) is 3.47. The molecule has 3 atom stereocenters. The molecule has 2 heteroatoms. The van der Waals surface area contributed by atoms with Crippen molar-refractivity contribution in [3.63, 3.8) is 0 Å². The Morgan fingerprint density at radius 1 is 1.18 bits per heavy atom. The number of aryl methyl sites for hydroxylation is 2. The van der Waals surface area contributed by atoms with E-state index in [9.17, 15) is 9.50 Å². The molecule has 1 aromatic carbocycles. The van der Waals surface area contributed by atoms with Crippen LogP contribution < -0.4 is 0 Å². The molecule has 0 saturated heterocycles. The minimum Gasteiger partial charge on any atom is -0.388 e. The third-order valence-corrected chi connectivity index (χ3v) is 4.64. The first-order valence-electron chi connectivity index (χ1n) is 6.54. The van der Waals surface area contributed by atoms with Crippen molar-refractivity contribution in [1.82, 2.24) is 0 Å². The van der Waals surface area contributed by atoms with Crippen molar-refractivity contribution in [2.24, 2.45) is 17.8 Å². The SMILES string of the molecule is Cc1cc(C(O)C2C3CCCC32)cc(C)c1F. The van der Waals surface area contributed by atoms with Crippen LogP contribution in [0.3, 0.4) is 0 Å². The van der Waals surface area contributed by atoms with E-state index < -0.39 is 0 Å². The summed E-state index contributed by atoms with van der Waals surface area (Å²) in [7, 11) is 0. The summed E-state index contributed by atoms with van der Waals surface area (Å²) < 4.78 is 13.5. The standard InChI is InChI=1S/C15H19FO/c1-8-6-10(7-9(2)14(8)16)15(17)13-11-4-3-5-12(11)13/h6-7,11-13,15,17H,3-5H2,1-2H3. The van der Waals surface area contributed by atoms with Crippen LogP contribution in [0.2, 0.25) is 0 Å². The Hall–Kier alpha value is -0.890. The molecule has 0 heterocycles. The van der Waals surface area contributed by atoms with Gasteiger partial charge in [0.05, 0.1) is 6.10 Å². The highest BCUT2D eigenvalue weighted by Gasteiger charge is 2.55. The fraction of sp³-hybridized carbons (Fsp3) is 0.600. The van der Waals surface area contributed by atoms with E-state index in [1.54, 1.807) is 26.0 Å². The van der Waals surface area contributed by atoms with Crippen molar-refractivity contribution in [2.45, 2.75) is 39.2 Å². The fourth-order valence-corrected chi connectivity index (χ4v) is 3.72. The monoisotopic (exact) mass is 234 g/mol. The van der Waals surface area contributed by atoms with Gasteiger partial charge in [0.25, 0.3) is 0 Å². The lowest BCUT2D eigenvalue weighted by Crippen LogP contribution is -2.06. The molecule has 0 radical (unpaired) electrons. The predicted molar refractivity (Wildman–Crippen MR) is 65.2 cm³/mol. The summed E-state index contributed by atoms with van der Waals surface area (Å²) in [4.78, 5) is 0. The van der Waals surface area contributed by atoms with Gasteiger partial charge in [0.1, 0.15) is 5.82 Å². The van der Waals surface area contributed by atoms with Crippen LogP contribution >= 0.6 is 0 Å². The Kier molecular flexibility index (Phi) is 2.51. The van der Waals surface area contributed by atoms with Crippen LogP contribution in [0.15, 0.2) is 12.1 Å². The maximum absolute atomic E-state index is 13.5. The molecule has 0 spiro atoms. The molecule has 0 amide bonds. The van der Waals surface area contributed by atoms with Crippen LogP contribution in [0.5, 0.6) is 0 Å². The lowest BCUT2D eigenvalue weighted by Gasteiger charge is -2.15. The topological polar surface area (TPSA) is 20.2 Å². The Balaban J connectivity index is 1.85. The fourth-order valence-electron chi connectivity index (χ4n) is 3.72. The third kappa shape index (κ3) is 1.70. The average molecular weight is 234 g/mol. The smallest absolute Gasteiger partial charge is 0.129 e. The van der Waals surface area contributed by atoms with Gasteiger partial charge in [0.2, 0.25) is 0 Å². The van der Waals surface area contributed by atoms with Crippen molar-refractivity contribution >= 4 is 0 Å². The van der Waals surface area contributed by atoms with Gasteiger partial charge in [-0.05, 0) is 61.1 Å². The van der Waals surface area contributed by atoms with Gasteiger partial charge in [-0.25, -0.2) is 4.39 Å². The quantitative estimate of drug-likeness (QED) is 0.830. The number of aliphatic hydroxyl groups is 1. The highest BCUT2D eigenvalue weighted by Crippen LogP contribution is 2.62. The van der Waals surface area contributed by atoms with Crippen LogP contribution in [0.25, 0.3) is 0 Å². The molecule has 0 aromatic heterocycles. The molecule has 1 N–H and O–H groups in total. The third-order valence-electron chi connectivity index (χ3n) is 4.64. The summed E-state index contributed by atoms with van der Waals surface area (Å²) in [6, 6.07) is 3.61. The Morgan fingerprint density at radius 2 is 1.71 bits per heavy atom. The molecule has 2 aliphatic rings. The van der Waals surface area contributed by atoms with Gasteiger partial charge in [-0.3, -0.25) is 0 Å². The summed E-state index contributed by atoms with van der Waals surface area (Å²) in [6.45, 7) is 3.54. The van der Waals surface area contributed by atoms with Crippen LogP contribution in [0.4, 0.5) is 4.39 Å². The van der Waals surface area contributed by atoms with E-state index in [2.05, 4.69) is 0 Å². The van der Waals surface area contributed by atoms with Gasteiger partial charge in [-0.1, -0.05) is 18.6 Å². The van der Waals surface area contributed by atoms with Gasteiger partial charge >= 0.3 is 0 Å². The van der Waals surface area contributed by atoms with Crippen molar-refractivity contribution in [3.05, 3.63) is 34.6 Å². The highest BCUT2D eigenvalue weighted by atomic mass is 19.1. The first-order chi connectivity index (χ1) is 8.09. The second-order valence-electron chi connectivity index (χ2n) is 5.75. The minimum atomic E-state index is -0.386. The zero-order valence-electron chi connectivity index (χ0n) is 10.4. The molecule has 0 bridgehead atoms. The van der Waals surface area contributed by atoms with Crippen LogP contribution in [-0.2, 0) is 0 Å². The predicted octanol–water partition coefficient (Wildman–Crippen LogP) is 3.52. The summed E-state index contributed by atoms with van der Waals surface area (Å²) in [5.41, 5.74) is 2.19. The van der Waals surface area contributed by atoms with Gasteiger partial charge in [0, 0.05) is 0 Å². The molecule has 3 rings (SSSR count). The second kappa shape index (κ2) is 3.81. The second-order valence-corrected chi connectivity index (χ2v) is 5.75. The molecule has 1 aromatic rings. The zero-order valence-corrected chi connectivity index (χ0v) is 10.4. The van der Waals surface area contributed by atoms with Crippen LogP contribution in [0, 0.1) is 37.4 Å². The van der Waals surface area contributed by atoms with Crippen molar-refractivity contribution in [2.75, 3.05) is 0 Å². The van der Waals surface area contributed by atoms with E-state index in [1.807, 2.05) is 0 Å². The molecule has 0 aliphatic heterocycles. The number of rotatable bonds is 2. The van der Waals surface area contributed by atoms with Crippen LogP contribution in [-0.4, -0.2) is 5.11 Å². The van der Waals surface area contributed by atoms with Crippen LogP contribution in [0.1, 0.15) is 42.1 Å².